The molecule has 3 rings (SSSR count). The summed E-state index contributed by atoms with van der Waals surface area (Å²) < 4.78 is 33.7. The van der Waals surface area contributed by atoms with Gasteiger partial charge in [0.2, 0.25) is 0 Å². The van der Waals surface area contributed by atoms with Gasteiger partial charge in [0.25, 0.3) is 10.0 Å². The summed E-state index contributed by atoms with van der Waals surface area (Å²) in [5.74, 6) is 0.427. The van der Waals surface area contributed by atoms with Crippen molar-refractivity contribution in [1.82, 2.24) is 0 Å². The van der Waals surface area contributed by atoms with Crippen molar-refractivity contribution in [3.63, 3.8) is 0 Å². The average Bonchev–Trinajstić information content (AvgIpc) is 2.72. The first kappa shape index (κ1) is 20.6. The van der Waals surface area contributed by atoms with Gasteiger partial charge >= 0.3 is 0 Å². The van der Waals surface area contributed by atoms with E-state index in [1.54, 1.807) is 66.7 Å². The van der Waals surface area contributed by atoms with E-state index in [2.05, 4.69) is 0 Å². The Kier molecular flexibility index (Phi) is 6.03. The molecule has 0 aliphatic heterocycles. The van der Waals surface area contributed by atoms with Gasteiger partial charge in [0, 0.05) is 11.1 Å². The van der Waals surface area contributed by atoms with Gasteiger partial charge in [-0.1, -0.05) is 35.9 Å². The fourth-order valence-electron chi connectivity index (χ4n) is 3.02. The van der Waals surface area contributed by atoms with Crippen LogP contribution in [0.15, 0.2) is 77.7 Å². The number of carbonyl (C=O) groups is 1. The van der Waals surface area contributed by atoms with Gasteiger partial charge in [0.05, 0.1) is 24.2 Å². The third-order valence-electron chi connectivity index (χ3n) is 4.65. The van der Waals surface area contributed by atoms with Crippen molar-refractivity contribution in [2.75, 3.05) is 11.4 Å². The Morgan fingerprint density at radius 1 is 0.966 bits per heavy atom. The van der Waals surface area contributed by atoms with Crippen molar-refractivity contribution >= 4 is 21.5 Å². The summed E-state index contributed by atoms with van der Waals surface area (Å²) in [6, 6.07) is 20.7. The van der Waals surface area contributed by atoms with Gasteiger partial charge in [-0.3, -0.25) is 9.10 Å². The van der Waals surface area contributed by atoms with Crippen LogP contribution in [0.2, 0.25) is 0 Å². The van der Waals surface area contributed by atoms with Crippen LogP contribution in [0.1, 0.15) is 28.4 Å². The molecule has 6 heteroatoms. The smallest absolute Gasteiger partial charge is 0.264 e. The standard InChI is InChI=1S/C23H23NO4S/c1-17-9-12-22(13-10-17)29(26,27)24(21-7-5-4-6-8-21)16-20-15-19(18(2)25)11-14-23(20)28-3/h4-15H,16H2,1-3H3. The molecular weight excluding hydrogens is 386 g/mol. The van der Waals surface area contributed by atoms with E-state index in [4.69, 9.17) is 4.74 Å². The van der Waals surface area contributed by atoms with Gasteiger partial charge in [-0.05, 0) is 56.3 Å². The largest absolute Gasteiger partial charge is 0.496 e. The molecule has 0 atom stereocenters. The second kappa shape index (κ2) is 8.49. The van der Waals surface area contributed by atoms with Gasteiger partial charge in [-0.2, -0.15) is 0 Å². The molecule has 3 aromatic carbocycles. The van der Waals surface area contributed by atoms with E-state index < -0.39 is 10.0 Å². The molecular formula is C23H23NO4S. The lowest BCUT2D eigenvalue weighted by Gasteiger charge is -2.25. The average molecular weight is 410 g/mol. The Hall–Kier alpha value is -3.12. The molecule has 0 unspecified atom stereocenters. The number of hydrogen-bond acceptors (Lipinski definition) is 4. The predicted molar refractivity (Wildman–Crippen MR) is 114 cm³/mol. The summed E-state index contributed by atoms with van der Waals surface area (Å²) in [5.41, 5.74) is 2.62. The molecule has 0 saturated carbocycles. The number of rotatable bonds is 7. The number of sulfonamides is 1. The zero-order valence-electron chi connectivity index (χ0n) is 16.6. The summed E-state index contributed by atoms with van der Waals surface area (Å²) in [4.78, 5) is 12.0. The molecule has 150 valence electrons. The number of ketones is 1. The summed E-state index contributed by atoms with van der Waals surface area (Å²) in [6.45, 7) is 3.41. The second-order valence-electron chi connectivity index (χ2n) is 6.74. The number of anilines is 1. The Bertz CT molecular complexity index is 1110. The molecule has 0 bridgehead atoms. The molecule has 0 spiro atoms. The summed E-state index contributed by atoms with van der Waals surface area (Å²) in [5, 5.41) is 0. The van der Waals surface area contributed by atoms with E-state index in [1.807, 2.05) is 13.0 Å². The van der Waals surface area contributed by atoms with E-state index >= 15 is 0 Å². The molecule has 0 saturated heterocycles. The molecule has 0 aliphatic carbocycles. The highest BCUT2D eigenvalue weighted by atomic mass is 32.2. The van der Waals surface area contributed by atoms with E-state index in [0.29, 0.717) is 22.6 Å². The van der Waals surface area contributed by atoms with Gasteiger partial charge in [-0.15, -0.1) is 0 Å². The van der Waals surface area contributed by atoms with Crippen LogP contribution < -0.4 is 9.04 Å². The van der Waals surface area contributed by atoms with E-state index in [1.165, 1.54) is 18.3 Å². The van der Waals surface area contributed by atoms with Crippen molar-refractivity contribution < 1.29 is 17.9 Å². The molecule has 0 radical (unpaired) electrons. The first-order valence-corrected chi connectivity index (χ1v) is 10.6. The van der Waals surface area contributed by atoms with Crippen LogP contribution in [0, 0.1) is 6.92 Å². The fourth-order valence-corrected chi connectivity index (χ4v) is 4.47. The first-order valence-electron chi connectivity index (χ1n) is 9.15. The third-order valence-corrected chi connectivity index (χ3v) is 6.44. The highest BCUT2D eigenvalue weighted by Crippen LogP contribution is 2.29. The third kappa shape index (κ3) is 4.49. The number of nitrogens with zero attached hydrogens (tertiary/aromatic N) is 1. The summed E-state index contributed by atoms with van der Waals surface area (Å²) in [6.07, 6.45) is 0. The number of para-hydroxylation sites is 1. The number of Topliss-reactive ketones (excluding diaryl/α,β-unsaturated/α-hetero) is 1. The molecule has 0 N–H and O–H groups in total. The molecule has 0 fully saturated rings. The molecule has 0 amide bonds. The first-order chi connectivity index (χ1) is 13.8. The van der Waals surface area contributed by atoms with Crippen LogP contribution in [0.5, 0.6) is 5.75 Å². The number of benzene rings is 3. The zero-order valence-corrected chi connectivity index (χ0v) is 17.4. The van der Waals surface area contributed by atoms with Crippen LogP contribution in [0.4, 0.5) is 5.69 Å². The van der Waals surface area contributed by atoms with Gasteiger partial charge in [-0.25, -0.2) is 8.42 Å². The van der Waals surface area contributed by atoms with E-state index in [0.717, 1.165) is 5.56 Å². The van der Waals surface area contributed by atoms with Gasteiger partial charge in [0.1, 0.15) is 5.75 Å². The molecule has 29 heavy (non-hydrogen) atoms. The van der Waals surface area contributed by atoms with Crippen molar-refractivity contribution in [3.05, 3.63) is 89.5 Å². The van der Waals surface area contributed by atoms with Crippen molar-refractivity contribution in [1.29, 1.82) is 0 Å². The zero-order chi connectivity index (χ0) is 21.0. The van der Waals surface area contributed by atoms with Crippen molar-refractivity contribution in [2.45, 2.75) is 25.3 Å². The van der Waals surface area contributed by atoms with Crippen LogP contribution in [-0.4, -0.2) is 21.3 Å². The molecule has 0 aromatic heterocycles. The quantitative estimate of drug-likeness (QED) is 0.535. The molecule has 5 nitrogen and oxygen atoms in total. The Balaban J connectivity index is 2.12. The number of ether oxygens (including phenoxy) is 1. The van der Waals surface area contributed by atoms with Crippen molar-refractivity contribution in [3.8, 4) is 5.75 Å². The Labute approximate surface area is 171 Å². The van der Waals surface area contributed by atoms with Crippen LogP contribution in [0.25, 0.3) is 0 Å². The van der Waals surface area contributed by atoms with Gasteiger partial charge < -0.3 is 4.74 Å². The van der Waals surface area contributed by atoms with E-state index in [-0.39, 0.29) is 17.2 Å². The maximum atomic E-state index is 13.5. The normalized spacial score (nSPS) is 11.1. The lowest BCUT2D eigenvalue weighted by atomic mass is 10.1. The predicted octanol–water partition coefficient (Wildman–Crippen LogP) is 4.60. The lowest BCUT2D eigenvalue weighted by Crippen LogP contribution is -2.30. The van der Waals surface area contributed by atoms with Crippen LogP contribution in [-0.2, 0) is 16.6 Å². The highest BCUT2D eigenvalue weighted by Gasteiger charge is 2.26. The Morgan fingerprint density at radius 3 is 2.21 bits per heavy atom. The lowest BCUT2D eigenvalue weighted by molar-refractivity contribution is 0.101. The summed E-state index contributed by atoms with van der Waals surface area (Å²) in [7, 11) is -2.31. The summed E-state index contributed by atoms with van der Waals surface area (Å²) >= 11 is 0. The van der Waals surface area contributed by atoms with Crippen molar-refractivity contribution in [2.24, 2.45) is 0 Å². The minimum absolute atomic E-state index is 0.0323. The number of methoxy groups -OCH3 is 1. The minimum atomic E-state index is -3.83. The molecule has 0 heterocycles. The molecule has 0 aliphatic rings. The number of carbonyl (C=O) groups excluding carboxylic acids is 1. The SMILES string of the molecule is COc1ccc(C(C)=O)cc1CN(c1ccccc1)S(=O)(=O)c1ccc(C)cc1. The maximum Gasteiger partial charge on any atom is 0.264 e. The number of aryl methyl sites for hydroxylation is 1. The maximum absolute atomic E-state index is 13.5. The topological polar surface area (TPSA) is 63.7 Å². The minimum Gasteiger partial charge on any atom is -0.496 e. The number of hydrogen-bond donors (Lipinski definition) is 0. The van der Waals surface area contributed by atoms with E-state index in [9.17, 15) is 13.2 Å². The monoisotopic (exact) mass is 409 g/mol. The van der Waals surface area contributed by atoms with Crippen LogP contribution in [0.3, 0.4) is 0 Å². The fraction of sp³-hybridized carbons (Fsp3) is 0.174. The molecule has 3 aromatic rings. The highest BCUT2D eigenvalue weighted by molar-refractivity contribution is 7.92. The second-order valence-corrected chi connectivity index (χ2v) is 8.61. The van der Waals surface area contributed by atoms with Gasteiger partial charge in [0.15, 0.2) is 5.78 Å². The Morgan fingerprint density at radius 2 is 1.62 bits per heavy atom. The van der Waals surface area contributed by atoms with Crippen LogP contribution >= 0.6 is 0 Å².